The molecule has 2 aromatic rings. The summed E-state index contributed by atoms with van der Waals surface area (Å²) < 4.78 is 0. The molecule has 3 N–H and O–H groups in total. The van der Waals surface area contributed by atoms with Crippen molar-refractivity contribution in [2.45, 2.75) is 37.8 Å². The van der Waals surface area contributed by atoms with Gasteiger partial charge in [0.15, 0.2) is 5.65 Å². The molecule has 1 aliphatic rings. The molecule has 0 aliphatic heterocycles. The van der Waals surface area contributed by atoms with Gasteiger partial charge in [0.1, 0.15) is 5.52 Å². The van der Waals surface area contributed by atoms with Crippen LogP contribution in [-0.2, 0) is 0 Å². The summed E-state index contributed by atoms with van der Waals surface area (Å²) >= 11 is 0. The van der Waals surface area contributed by atoms with Gasteiger partial charge in [0, 0.05) is 6.04 Å². The highest BCUT2D eigenvalue weighted by molar-refractivity contribution is 5.69. The quantitative estimate of drug-likeness (QED) is 0.722. The van der Waals surface area contributed by atoms with E-state index in [1.165, 1.54) is 0 Å². The molecular formula is C11H15N5O. The predicted molar refractivity (Wildman–Crippen MR) is 63.6 cm³/mol. The number of rotatable bonds is 2. The lowest BCUT2D eigenvalue weighted by Gasteiger charge is -2.25. The van der Waals surface area contributed by atoms with E-state index in [4.69, 9.17) is 0 Å². The van der Waals surface area contributed by atoms with E-state index < -0.39 is 0 Å². The van der Waals surface area contributed by atoms with Crippen LogP contribution in [0.1, 0.15) is 25.7 Å². The number of imidazole rings is 1. The molecule has 0 aromatic carbocycles. The van der Waals surface area contributed by atoms with Gasteiger partial charge in [-0.25, -0.2) is 9.97 Å². The van der Waals surface area contributed by atoms with Crippen molar-refractivity contribution < 1.29 is 5.11 Å². The topological polar surface area (TPSA) is 86.7 Å². The fourth-order valence-corrected chi connectivity index (χ4v) is 2.21. The first-order valence-electron chi connectivity index (χ1n) is 5.92. The zero-order chi connectivity index (χ0) is 11.7. The standard InChI is InChI=1S/C11H15N5O/c17-8-3-1-7(2-4-8)15-11-12-5-9-10(16-11)14-6-13-9/h5-8,17H,1-4H2,(H2,12,13,14,15,16). The second-order valence-electron chi connectivity index (χ2n) is 4.48. The van der Waals surface area contributed by atoms with Crippen LogP contribution in [0, 0.1) is 0 Å². The smallest absolute Gasteiger partial charge is 0.225 e. The number of aliphatic hydroxyl groups excluding tert-OH is 1. The molecule has 3 rings (SSSR count). The van der Waals surface area contributed by atoms with E-state index in [0.29, 0.717) is 17.6 Å². The van der Waals surface area contributed by atoms with Crippen LogP contribution in [0.3, 0.4) is 0 Å². The van der Waals surface area contributed by atoms with E-state index in [1.807, 2.05) is 0 Å². The van der Waals surface area contributed by atoms with Gasteiger partial charge in [-0.3, -0.25) is 0 Å². The van der Waals surface area contributed by atoms with Crippen LogP contribution < -0.4 is 5.32 Å². The number of anilines is 1. The number of nitrogens with zero attached hydrogens (tertiary/aromatic N) is 3. The zero-order valence-corrected chi connectivity index (χ0v) is 9.43. The predicted octanol–water partition coefficient (Wildman–Crippen LogP) is 1.07. The largest absolute Gasteiger partial charge is 0.393 e. The molecule has 2 aromatic heterocycles. The minimum atomic E-state index is -0.136. The average molecular weight is 233 g/mol. The highest BCUT2D eigenvalue weighted by Gasteiger charge is 2.19. The highest BCUT2D eigenvalue weighted by atomic mass is 16.3. The average Bonchev–Trinajstić information content (AvgIpc) is 2.79. The maximum atomic E-state index is 9.43. The number of hydrogen-bond acceptors (Lipinski definition) is 5. The molecule has 0 saturated heterocycles. The van der Waals surface area contributed by atoms with Gasteiger partial charge in [-0.2, -0.15) is 4.98 Å². The summed E-state index contributed by atoms with van der Waals surface area (Å²) in [6.45, 7) is 0. The van der Waals surface area contributed by atoms with Crippen LogP contribution in [0.5, 0.6) is 0 Å². The molecule has 90 valence electrons. The van der Waals surface area contributed by atoms with Crippen molar-refractivity contribution in [2.24, 2.45) is 0 Å². The van der Waals surface area contributed by atoms with Gasteiger partial charge in [-0.05, 0) is 25.7 Å². The third-order valence-electron chi connectivity index (χ3n) is 3.21. The first-order chi connectivity index (χ1) is 8.31. The molecule has 1 fully saturated rings. The lowest BCUT2D eigenvalue weighted by Crippen LogP contribution is -2.28. The summed E-state index contributed by atoms with van der Waals surface area (Å²) in [4.78, 5) is 15.6. The van der Waals surface area contributed by atoms with Crippen LogP contribution in [0.25, 0.3) is 11.2 Å². The van der Waals surface area contributed by atoms with Gasteiger partial charge in [0.25, 0.3) is 0 Å². The molecule has 0 atom stereocenters. The number of fused-ring (bicyclic) bond motifs is 1. The summed E-state index contributed by atoms with van der Waals surface area (Å²) in [6.07, 6.45) is 6.83. The van der Waals surface area contributed by atoms with E-state index >= 15 is 0 Å². The minimum absolute atomic E-state index is 0.136. The minimum Gasteiger partial charge on any atom is -0.393 e. The Balaban J connectivity index is 1.71. The third kappa shape index (κ3) is 2.21. The van der Waals surface area contributed by atoms with E-state index in [-0.39, 0.29) is 6.10 Å². The summed E-state index contributed by atoms with van der Waals surface area (Å²) in [5.74, 6) is 0.617. The number of aromatic amines is 1. The van der Waals surface area contributed by atoms with Gasteiger partial charge in [0.05, 0.1) is 18.6 Å². The molecule has 1 aliphatic carbocycles. The number of hydrogen-bond donors (Lipinski definition) is 3. The molecule has 0 radical (unpaired) electrons. The Labute approximate surface area is 98.5 Å². The van der Waals surface area contributed by atoms with Crippen LogP contribution in [0.4, 0.5) is 5.95 Å². The number of nitrogens with one attached hydrogen (secondary N) is 2. The number of H-pyrrole nitrogens is 1. The maximum absolute atomic E-state index is 9.43. The van der Waals surface area contributed by atoms with Crippen molar-refractivity contribution in [3.63, 3.8) is 0 Å². The normalized spacial score (nSPS) is 25.0. The molecule has 17 heavy (non-hydrogen) atoms. The third-order valence-corrected chi connectivity index (χ3v) is 3.21. The molecule has 6 heteroatoms. The van der Waals surface area contributed by atoms with Crippen molar-refractivity contribution in [2.75, 3.05) is 5.32 Å². The Morgan fingerprint density at radius 1 is 1.24 bits per heavy atom. The van der Waals surface area contributed by atoms with Crippen LogP contribution in [0.2, 0.25) is 0 Å². The molecule has 0 spiro atoms. The summed E-state index contributed by atoms with van der Waals surface area (Å²) in [7, 11) is 0. The highest BCUT2D eigenvalue weighted by Crippen LogP contribution is 2.21. The van der Waals surface area contributed by atoms with Crippen molar-refractivity contribution in [1.29, 1.82) is 0 Å². The van der Waals surface area contributed by atoms with Gasteiger partial charge >= 0.3 is 0 Å². The second-order valence-corrected chi connectivity index (χ2v) is 4.48. The number of aromatic nitrogens is 4. The molecular weight excluding hydrogens is 218 g/mol. The van der Waals surface area contributed by atoms with Crippen LogP contribution in [-0.4, -0.2) is 37.2 Å². The monoisotopic (exact) mass is 233 g/mol. The first-order valence-corrected chi connectivity index (χ1v) is 5.92. The molecule has 0 bridgehead atoms. The van der Waals surface area contributed by atoms with Crippen molar-refractivity contribution in [3.8, 4) is 0 Å². The Kier molecular flexibility index (Phi) is 2.64. The SMILES string of the molecule is OC1CCC(Nc2ncc3[nH]cnc3n2)CC1. The number of aliphatic hydroxyl groups is 1. The Morgan fingerprint density at radius 2 is 2.06 bits per heavy atom. The van der Waals surface area contributed by atoms with Crippen molar-refractivity contribution in [3.05, 3.63) is 12.5 Å². The second kappa shape index (κ2) is 4.29. The van der Waals surface area contributed by atoms with Crippen molar-refractivity contribution >= 4 is 17.1 Å². The summed E-state index contributed by atoms with van der Waals surface area (Å²) in [5, 5.41) is 12.7. The van der Waals surface area contributed by atoms with Gasteiger partial charge in [-0.1, -0.05) is 0 Å². The Bertz CT molecular complexity index is 503. The van der Waals surface area contributed by atoms with Crippen LogP contribution in [0.15, 0.2) is 12.5 Å². The van der Waals surface area contributed by atoms with Gasteiger partial charge < -0.3 is 15.4 Å². The van der Waals surface area contributed by atoms with E-state index in [9.17, 15) is 5.11 Å². The molecule has 0 amide bonds. The maximum Gasteiger partial charge on any atom is 0.225 e. The lowest BCUT2D eigenvalue weighted by molar-refractivity contribution is 0.126. The van der Waals surface area contributed by atoms with Gasteiger partial charge in [0.2, 0.25) is 5.95 Å². The fourth-order valence-electron chi connectivity index (χ4n) is 2.21. The molecule has 1 saturated carbocycles. The molecule has 2 heterocycles. The fraction of sp³-hybridized carbons (Fsp3) is 0.545. The molecule has 6 nitrogen and oxygen atoms in total. The van der Waals surface area contributed by atoms with E-state index in [2.05, 4.69) is 25.3 Å². The molecule has 0 unspecified atom stereocenters. The van der Waals surface area contributed by atoms with E-state index in [0.717, 1.165) is 31.2 Å². The van der Waals surface area contributed by atoms with Crippen molar-refractivity contribution in [1.82, 2.24) is 19.9 Å². The Hall–Kier alpha value is -1.69. The summed E-state index contributed by atoms with van der Waals surface area (Å²) in [5.41, 5.74) is 1.52. The van der Waals surface area contributed by atoms with Crippen LogP contribution >= 0.6 is 0 Å². The summed E-state index contributed by atoms with van der Waals surface area (Å²) in [6, 6.07) is 0.356. The first kappa shape index (κ1) is 10.5. The van der Waals surface area contributed by atoms with Gasteiger partial charge in [-0.15, -0.1) is 0 Å². The van der Waals surface area contributed by atoms with E-state index in [1.54, 1.807) is 12.5 Å². The Morgan fingerprint density at radius 3 is 2.88 bits per heavy atom. The zero-order valence-electron chi connectivity index (χ0n) is 9.43. The lowest BCUT2D eigenvalue weighted by atomic mass is 9.93.